The van der Waals surface area contributed by atoms with Crippen molar-refractivity contribution in [2.45, 2.75) is 6.54 Å². The van der Waals surface area contributed by atoms with Gasteiger partial charge in [0.25, 0.3) is 6.47 Å². The quantitative estimate of drug-likeness (QED) is 0.646. The van der Waals surface area contributed by atoms with E-state index in [2.05, 4.69) is 4.74 Å². The third-order valence-electron chi connectivity index (χ3n) is 1.37. The van der Waals surface area contributed by atoms with E-state index in [9.17, 15) is 4.79 Å². The highest BCUT2D eigenvalue weighted by Gasteiger charge is 1.98. The fourth-order valence-electron chi connectivity index (χ4n) is 0.839. The molecule has 0 fully saturated rings. The van der Waals surface area contributed by atoms with Gasteiger partial charge in [0.2, 0.25) is 0 Å². The number of hydrogen-bond acceptors (Lipinski definition) is 3. The van der Waals surface area contributed by atoms with Gasteiger partial charge >= 0.3 is 0 Å². The standard InChI is InChI=1S/C8H9NO2/c9-5-7-3-1-2-4-8(7)11-6-10/h1-4,6H,5,9H2. The highest BCUT2D eigenvalue weighted by molar-refractivity contribution is 5.47. The highest BCUT2D eigenvalue weighted by Crippen LogP contribution is 2.15. The molecule has 11 heavy (non-hydrogen) atoms. The molecule has 0 unspecified atom stereocenters. The first kappa shape index (κ1) is 7.75. The van der Waals surface area contributed by atoms with Crippen LogP contribution < -0.4 is 10.5 Å². The van der Waals surface area contributed by atoms with Crippen LogP contribution >= 0.6 is 0 Å². The third-order valence-corrected chi connectivity index (χ3v) is 1.37. The molecule has 1 aromatic rings. The highest BCUT2D eigenvalue weighted by atomic mass is 16.5. The van der Waals surface area contributed by atoms with Crippen LogP contribution in [0.1, 0.15) is 5.56 Å². The van der Waals surface area contributed by atoms with Crippen molar-refractivity contribution in [2.24, 2.45) is 5.73 Å². The van der Waals surface area contributed by atoms with E-state index in [1.54, 1.807) is 12.1 Å². The van der Waals surface area contributed by atoms with E-state index in [4.69, 9.17) is 5.73 Å². The first-order valence-corrected chi connectivity index (χ1v) is 3.26. The summed E-state index contributed by atoms with van der Waals surface area (Å²) in [6.07, 6.45) is 0. The Hall–Kier alpha value is -1.35. The van der Waals surface area contributed by atoms with Crippen LogP contribution in [0, 0.1) is 0 Å². The number of carbonyl (C=O) groups is 1. The topological polar surface area (TPSA) is 52.3 Å². The van der Waals surface area contributed by atoms with Gasteiger partial charge in [-0.15, -0.1) is 0 Å². The summed E-state index contributed by atoms with van der Waals surface area (Å²) in [5.41, 5.74) is 6.22. The minimum atomic E-state index is 0.379. The van der Waals surface area contributed by atoms with Crippen LogP contribution in [0.15, 0.2) is 24.3 Å². The van der Waals surface area contributed by atoms with Crippen LogP contribution in [0.4, 0.5) is 0 Å². The first-order chi connectivity index (χ1) is 5.38. The molecule has 0 aliphatic carbocycles. The molecule has 2 N–H and O–H groups in total. The molecule has 0 amide bonds. The zero-order valence-electron chi connectivity index (χ0n) is 5.99. The smallest absolute Gasteiger partial charge is 0.298 e. The molecule has 0 saturated carbocycles. The van der Waals surface area contributed by atoms with Crippen molar-refractivity contribution in [3.8, 4) is 5.75 Å². The lowest BCUT2D eigenvalue weighted by atomic mass is 10.2. The first-order valence-electron chi connectivity index (χ1n) is 3.26. The maximum Gasteiger partial charge on any atom is 0.298 e. The van der Waals surface area contributed by atoms with Gasteiger partial charge in [-0.05, 0) is 6.07 Å². The van der Waals surface area contributed by atoms with Crippen LogP contribution in [-0.4, -0.2) is 6.47 Å². The van der Waals surface area contributed by atoms with Crippen molar-refractivity contribution in [1.29, 1.82) is 0 Å². The van der Waals surface area contributed by atoms with E-state index in [1.165, 1.54) is 0 Å². The lowest BCUT2D eigenvalue weighted by molar-refractivity contribution is -0.120. The predicted molar refractivity (Wildman–Crippen MR) is 41.0 cm³/mol. The summed E-state index contributed by atoms with van der Waals surface area (Å²) in [5, 5.41) is 0. The van der Waals surface area contributed by atoms with E-state index in [0.717, 1.165) is 5.56 Å². The Balaban J connectivity index is 2.92. The van der Waals surface area contributed by atoms with Crippen LogP contribution in [0.5, 0.6) is 5.75 Å². The molecule has 0 atom stereocenters. The van der Waals surface area contributed by atoms with Crippen molar-refractivity contribution in [3.63, 3.8) is 0 Å². The Morgan fingerprint density at radius 3 is 2.82 bits per heavy atom. The van der Waals surface area contributed by atoms with Gasteiger partial charge in [0, 0.05) is 12.1 Å². The molecule has 0 aliphatic heterocycles. The average Bonchev–Trinajstić information content (AvgIpc) is 2.06. The van der Waals surface area contributed by atoms with Crippen molar-refractivity contribution in [1.82, 2.24) is 0 Å². The number of rotatable bonds is 3. The monoisotopic (exact) mass is 151 g/mol. The van der Waals surface area contributed by atoms with E-state index in [0.29, 0.717) is 18.8 Å². The van der Waals surface area contributed by atoms with Crippen molar-refractivity contribution < 1.29 is 9.53 Å². The number of para-hydroxylation sites is 1. The van der Waals surface area contributed by atoms with E-state index in [-0.39, 0.29) is 0 Å². The average molecular weight is 151 g/mol. The normalized spacial score (nSPS) is 9.18. The number of nitrogens with two attached hydrogens (primary N) is 1. The number of ether oxygens (including phenoxy) is 1. The van der Waals surface area contributed by atoms with E-state index in [1.807, 2.05) is 12.1 Å². The fraction of sp³-hybridized carbons (Fsp3) is 0.125. The van der Waals surface area contributed by atoms with Gasteiger partial charge in [0.05, 0.1) is 0 Å². The Labute approximate surface area is 64.8 Å². The lowest BCUT2D eigenvalue weighted by Gasteiger charge is -2.02. The molecule has 3 heteroatoms. The summed E-state index contributed by atoms with van der Waals surface area (Å²) >= 11 is 0. The van der Waals surface area contributed by atoms with Gasteiger partial charge in [0.15, 0.2) is 0 Å². The number of benzene rings is 1. The molecule has 0 bridgehead atoms. The second-order valence-corrected chi connectivity index (χ2v) is 2.03. The second kappa shape index (κ2) is 3.73. The molecule has 0 spiro atoms. The summed E-state index contributed by atoms with van der Waals surface area (Å²) in [6.45, 7) is 0.776. The molecular formula is C8H9NO2. The largest absolute Gasteiger partial charge is 0.428 e. The second-order valence-electron chi connectivity index (χ2n) is 2.03. The molecule has 58 valence electrons. The molecule has 1 rings (SSSR count). The predicted octanol–water partition coefficient (Wildman–Crippen LogP) is 0.680. The summed E-state index contributed by atoms with van der Waals surface area (Å²) < 4.78 is 4.67. The van der Waals surface area contributed by atoms with E-state index >= 15 is 0 Å². The van der Waals surface area contributed by atoms with Gasteiger partial charge < -0.3 is 10.5 Å². The molecule has 0 radical (unpaired) electrons. The fourth-order valence-corrected chi connectivity index (χ4v) is 0.839. The SMILES string of the molecule is NCc1ccccc1OC=O. The van der Waals surface area contributed by atoms with Crippen molar-refractivity contribution in [2.75, 3.05) is 0 Å². The summed E-state index contributed by atoms with van der Waals surface area (Å²) in [4.78, 5) is 9.98. The molecular weight excluding hydrogens is 142 g/mol. The van der Waals surface area contributed by atoms with Gasteiger partial charge in [-0.25, -0.2) is 0 Å². The summed E-state index contributed by atoms with van der Waals surface area (Å²) in [5.74, 6) is 0.532. The van der Waals surface area contributed by atoms with Gasteiger partial charge in [-0.1, -0.05) is 18.2 Å². The molecule has 0 aromatic heterocycles. The van der Waals surface area contributed by atoms with Crippen molar-refractivity contribution >= 4 is 6.47 Å². The Bertz CT molecular complexity index is 248. The zero-order chi connectivity index (χ0) is 8.10. The third kappa shape index (κ3) is 1.78. The Morgan fingerprint density at radius 2 is 2.18 bits per heavy atom. The van der Waals surface area contributed by atoms with Gasteiger partial charge in [-0.2, -0.15) is 0 Å². The molecule has 0 saturated heterocycles. The minimum Gasteiger partial charge on any atom is -0.428 e. The molecule has 3 nitrogen and oxygen atoms in total. The maximum absolute atomic E-state index is 9.98. The number of hydrogen-bond donors (Lipinski definition) is 1. The molecule has 1 aromatic carbocycles. The molecule has 0 heterocycles. The van der Waals surface area contributed by atoms with Gasteiger partial charge in [0.1, 0.15) is 5.75 Å². The van der Waals surface area contributed by atoms with Crippen LogP contribution in [0.2, 0.25) is 0 Å². The van der Waals surface area contributed by atoms with Gasteiger partial charge in [-0.3, -0.25) is 4.79 Å². The van der Waals surface area contributed by atoms with Crippen molar-refractivity contribution in [3.05, 3.63) is 29.8 Å². The molecule has 0 aliphatic rings. The summed E-state index contributed by atoms with van der Waals surface area (Å²) in [6, 6.07) is 7.16. The van der Waals surface area contributed by atoms with E-state index < -0.39 is 0 Å². The van der Waals surface area contributed by atoms with Crippen LogP contribution in [0.3, 0.4) is 0 Å². The number of carbonyl (C=O) groups excluding carboxylic acids is 1. The lowest BCUT2D eigenvalue weighted by Crippen LogP contribution is -2.00. The minimum absolute atomic E-state index is 0.379. The van der Waals surface area contributed by atoms with Crippen LogP contribution in [0.25, 0.3) is 0 Å². The maximum atomic E-state index is 9.98. The Morgan fingerprint density at radius 1 is 1.45 bits per heavy atom. The summed E-state index contributed by atoms with van der Waals surface area (Å²) in [7, 11) is 0. The van der Waals surface area contributed by atoms with Crippen LogP contribution in [-0.2, 0) is 11.3 Å². The zero-order valence-corrected chi connectivity index (χ0v) is 5.99. The Kier molecular flexibility index (Phi) is 2.63.